The Morgan fingerprint density at radius 2 is 2.05 bits per heavy atom. The second-order valence-electron chi connectivity index (χ2n) is 5.77. The van der Waals surface area contributed by atoms with Gasteiger partial charge < -0.3 is 10.1 Å². The van der Waals surface area contributed by atoms with Crippen molar-refractivity contribution < 1.29 is 4.74 Å². The zero-order valence-corrected chi connectivity index (χ0v) is 12.7. The number of hydrogen-bond donors (Lipinski definition) is 1. The largest absolute Gasteiger partial charge is 0.492 e. The fraction of sp³-hybridized carbons (Fsp3) is 0.625. The first-order valence-corrected chi connectivity index (χ1v) is 8.06. The topological polar surface area (TPSA) is 24.5 Å². The van der Waals surface area contributed by atoms with Crippen LogP contribution in [0.25, 0.3) is 0 Å². The molecule has 2 aliphatic rings. The number of rotatable bonds is 7. The minimum absolute atomic E-state index is 0.684. The van der Waals surface area contributed by atoms with Crippen LogP contribution in [-0.2, 0) is 6.54 Å². The summed E-state index contributed by atoms with van der Waals surface area (Å²) in [4.78, 5) is 2.46. The fourth-order valence-corrected chi connectivity index (χ4v) is 2.90. The van der Waals surface area contributed by atoms with E-state index >= 15 is 0 Å². The molecule has 110 valence electrons. The lowest BCUT2D eigenvalue weighted by Gasteiger charge is -2.17. The number of likely N-dealkylation sites (tertiary alicyclic amines) is 1. The summed E-state index contributed by atoms with van der Waals surface area (Å²) in [5.41, 5.74) is 1.10. The van der Waals surface area contributed by atoms with E-state index in [9.17, 15) is 0 Å². The maximum atomic E-state index is 6.31. The van der Waals surface area contributed by atoms with E-state index in [0.717, 1.165) is 36.0 Å². The predicted octanol–water partition coefficient (Wildman–Crippen LogP) is 3.07. The summed E-state index contributed by atoms with van der Waals surface area (Å²) in [6.07, 6.45) is 5.23. The molecule has 0 bridgehead atoms. The molecule has 0 radical (unpaired) electrons. The number of nitrogens with one attached hydrogen (secondary N) is 1. The summed E-state index contributed by atoms with van der Waals surface area (Å²) in [5.74, 6) is 0.935. The Bertz CT molecular complexity index is 442. The van der Waals surface area contributed by atoms with Gasteiger partial charge in [0.15, 0.2) is 0 Å². The molecule has 0 spiro atoms. The summed E-state index contributed by atoms with van der Waals surface area (Å²) < 4.78 is 5.97. The van der Waals surface area contributed by atoms with Crippen molar-refractivity contribution >= 4 is 11.6 Å². The van der Waals surface area contributed by atoms with Crippen molar-refractivity contribution in [2.75, 3.05) is 26.2 Å². The van der Waals surface area contributed by atoms with Gasteiger partial charge in [0, 0.05) is 29.7 Å². The third-order valence-electron chi connectivity index (χ3n) is 4.08. The third-order valence-corrected chi connectivity index (χ3v) is 4.44. The smallest absolute Gasteiger partial charge is 0.125 e. The highest BCUT2D eigenvalue weighted by Gasteiger charge is 2.21. The van der Waals surface area contributed by atoms with Gasteiger partial charge in [0.25, 0.3) is 0 Å². The van der Waals surface area contributed by atoms with Gasteiger partial charge in [0.1, 0.15) is 12.4 Å². The van der Waals surface area contributed by atoms with Gasteiger partial charge in [0.05, 0.1) is 0 Å². The van der Waals surface area contributed by atoms with Crippen molar-refractivity contribution in [3.05, 3.63) is 28.8 Å². The molecule has 3 rings (SSSR count). The van der Waals surface area contributed by atoms with Crippen LogP contribution in [-0.4, -0.2) is 37.2 Å². The number of benzene rings is 1. The maximum Gasteiger partial charge on any atom is 0.125 e. The SMILES string of the molecule is Clc1cccc(OCCN2CCCC2)c1CNC1CC1. The molecule has 1 aliphatic heterocycles. The highest BCUT2D eigenvalue weighted by molar-refractivity contribution is 6.31. The maximum absolute atomic E-state index is 6.31. The van der Waals surface area contributed by atoms with Crippen LogP contribution in [0.3, 0.4) is 0 Å². The molecule has 1 heterocycles. The number of ether oxygens (including phenoxy) is 1. The standard InChI is InChI=1S/C16H23ClN2O/c17-15-4-3-5-16(14(15)12-18-13-6-7-13)20-11-10-19-8-1-2-9-19/h3-5,13,18H,1-2,6-12H2. The van der Waals surface area contributed by atoms with Gasteiger partial charge in [-0.2, -0.15) is 0 Å². The van der Waals surface area contributed by atoms with E-state index in [0.29, 0.717) is 6.04 Å². The Labute approximate surface area is 126 Å². The fourth-order valence-electron chi connectivity index (χ4n) is 2.67. The number of halogens is 1. The summed E-state index contributed by atoms with van der Waals surface area (Å²) >= 11 is 6.31. The van der Waals surface area contributed by atoms with Crippen LogP contribution in [0.15, 0.2) is 18.2 Å². The average molecular weight is 295 g/mol. The molecule has 0 atom stereocenters. The van der Waals surface area contributed by atoms with Crippen molar-refractivity contribution in [2.45, 2.75) is 38.3 Å². The molecule has 2 fully saturated rings. The Morgan fingerprint density at radius 1 is 1.25 bits per heavy atom. The number of nitrogens with zero attached hydrogens (tertiary/aromatic N) is 1. The zero-order valence-electron chi connectivity index (χ0n) is 11.9. The molecule has 3 nitrogen and oxygen atoms in total. The summed E-state index contributed by atoms with van der Waals surface area (Å²) in [6.45, 7) is 5.01. The number of hydrogen-bond acceptors (Lipinski definition) is 3. The lowest BCUT2D eigenvalue weighted by molar-refractivity contribution is 0.236. The molecule has 4 heteroatoms. The zero-order chi connectivity index (χ0) is 13.8. The lowest BCUT2D eigenvalue weighted by atomic mass is 10.2. The van der Waals surface area contributed by atoms with Gasteiger partial charge >= 0.3 is 0 Å². The molecule has 1 aliphatic carbocycles. The first-order valence-electron chi connectivity index (χ1n) is 7.69. The van der Waals surface area contributed by atoms with Crippen molar-refractivity contribution in [1.29, 1.82) is 0 Å². The van der Waals surface area contributed by atoms with E-state index in [2.05, 4.69) is 10.2 Å². The molecule has 0 unspecified atom stereocenters. The van der Waals surface area contributed by atoms with Gasteiger partial charge in [0.2, 0.25) is 0 Å². The Morgan fingerprint density at radius 3 is 2.80 bits per heavy atom. The molecule has 1 aromatic carbocycles. The molecule has 1 saturated heterocycles. The van der Waals surface area contributed by atoms with E-state index in [1.165, 1.54) is 38.8 Å². The molecule has 1 saturated carbocycles. The molecule has 0 aromatic heterocycles. The minimum atomic E-state index is 0.684. The summed E-state index contributed by atoms with van der Waals surface area (Å²) in [6, 6.07) is 6.62. The van der Waals surface area contributed by atoms with E-state index in [4.69, 9.17) is 16.3 Å². The Hall–Kier alpha value is -0.770. The molecular formula is C16H23ClN2O. The Balaban J connectivity index is 1.54. The van der Waals surface area contributed by atoms with Gasteiger partial charge in [-0.25, -0.2) is 0 Å². The van der Waals surface area contributed by atoms with Gasteiger partial charge in [-0.1, -0.05) is 17.7 Å². The normalized spacial score (nSPS) is 19.4. The van der Waals surface area contributed by atoms with E-state index in [1.807, 2.05) is 18.2 Å². The lowest BCUT2D eigenvalue weighted by Crippen LogP contribution is -2.25. The molecule has 20 heavy (non-hydrogen) atoms. The second-order valence-corrected chi connectivity index (χ2v) is 6.18. The van der Waals surface area contributed by atoms with E-state index in [-0.39, 0.29) is 0 Å². The van der Waals surface area contributed by atoms with E-state index < -0.39 is 0 Å². The van der Waals surface area contributed by atoms with Crippen LogP contribution in [0.4, 0.5) is 0 Å². The van der Waals surface area contributed by atoms with Crippen molar-refractivity contribution in [2.24, 2.45) is 0 Å². The highest BCUT2D eigenvalue weighted by Crippen LogP contribution is 2.28. The van der Waals surface area contributed by atoms with E-state index in [1.54, 1.807) is 0 Å². The molecule has 1 aromatic rings. The van der Waals surface area contributed by atoms with Crippen LogP contribution in [0, 0.1) is 0 Å². The predicted molar refractivity (Wildman–Crippen MR) is 82.5 cm³/mol. The minimum Gasteiger partial charge on any atom is -0.492 e. The van der Waals surface area contributed by atoms with Gasteiger partial charge in [-0.3, -0.25) is 4.90 Å². The quantitative estimate of drug-likeness (QED) is 0.836. The highest BCUT2D eigenvalue weighted by atomic mass is 35.5. The van der Waals surface area contributed by atoms with Crippen LogP contribution >= 0.6 is 11.6 Å². The second kappa shape index (κ2) is 6.79. The molecule has 1 N–H and O–H groups in total. The van der Waals surface area contributed by atoms with Crippen LogP contribution in [0.2, 0.25) is 5.02 Å². The van der Waals surface area contributed by atoms with Gasteiger partial charge in [-0.15, -0.1) is 0 Å². The first kappa shape index (κ1) is 14.2. The summed E-state index contributed by atoms with van der Waals surface area (Å²) in [5, 5.41) is 4.31. The van der Waals surface area contributed by atoms with Gasteiger partial charge in [-0.05, 0) is 50.9 Å². The Kier molecular flexibility index (Phi) is 4.81. The van der Waals surface area contributed by atoms with Crippen molar-refractivity contribution in [3.8, 4) is 5.75 Å². The van der Waals surface area contributed by atoms with Crippen LogP contribution in [0.1, 0.15) is 31.2 Å². The first-order chi connectivity index (χ1) is 9.83. The van der Waals surface area contributed by atoms with Crippen LogP contribution < -0.4 is 10.1 Å². The average Bonchev–Trinajstić information content (AvgIpc) is 3.13. The monoisotopic (exact) mass is 294 g/mol. The molecular weight excluding hydrogens is 272 g/mol. The van der Waals surface area contributed by atoms with Crippen molar-refractivity contribution in [1.82, 2.24) is 10.2 Å². The van der Waals surface area contributed by atoms with Crippen molar-refractivity contribution in [3.63, 3.8) is 0 Å². The third kappa shape index (κ3) is 3.87. The summed E-state index contributed by atoms with van der Waals surface area (Å²) in [7, 11) is 0. The molecule has 0 amide bonds. The van der Waals surface area contributed by atoms with Crippen LogP contribution in [0.5, 0.6) is 5.75 Å².